The highest BCUT2D eigenvalue weighted by atomic mass is 16.5. The molecule has 0 spiro atoms. The first kappa shape index (κ1) is 13.4. The number of nitrogens with one attached hydrogen (secondary N) is 1. The molecule has 1 aliphatic carbocycles. The van der Waals surface area contributed by atoms with Crippen LogP contribution in [0.2, 0.25) is 0 Å². The summed E-state index contributed by atoms with van der Waals surface area (Å²) in [5.41, 5.74) is 0.547. The number of para-hydroxylation sites is 1. The van der Waals surface area contributed by atoms with Crippen LogP contribution in [0.15, 0.2) is 24.3 Å². The van der Waals surface area contributed by atoms with Gasteiger partial charge < -0.3 is 10.1 Å². The van der Waals surface area contributed by atoms with Gasteiger partial charge in [0.15, 0.2) is 0 Å². The van der Waals surface area contributed by atoms with Crippen LogP contribution in [0.5, 0.6) is 5.75 Å². The lowest BCUT2D eigenvalue weighted by molar-refractivity contribution is 0.0932. The lowest BCUT2D eigenvalue weighted by Gasteiger charge is -2.15. The third kappa shape index (κ3) is 3.72. The molecule has 1 aromatic rings. The van der Waals surface area contributed by atoms with Crippen LogP contribution in [0.1, 0.15) is 43.0 Å². The van der Waals surface area contributed by atoms with Gasteiger partial charge in [0.1, 0.15) is 5.75 Å². The van der Waals surface area contributed by atoms with Gasteiger partial charge >= 0.3 is 0 Å². The van der Waals surface area contributed by atoms with Gasteiger partial charge in [-0.2, -0.15) is 5.26 Å². The summed E-state index contributed by atoms with van der Waals surface area (Å²) in [6, 6.07) is 9.24. The van der Waals surface area contributed by atoms with Gasteiger partial charge in [-0.1, -0.05) is 19.1 Å². The van der Waals surface area contributed by atoms with Gasteiger partial charge in [-0.05, 0) is 31.4 Å². The average molecular weight is 258 g/mol. The Morgan fingerprint density at radius 2 is 2.26 bits per heavy atom. The Morgan fingerprint density at radius 3 is 2.89 bits per heavy atom. The average Bonchev–Trinajstić information content (AvgIpc) is 3.22. The van der Waals surface area contributed by atoms with Crippen molar-refractivity contribution in [3.05, 3.63) is 29.8 Å². The normalized spacial score (nSPS) is 15.4. The molecular formula is C15H18N2O2. The Labute approximate surface area is 113 Å². The van der Waals surface area contributed by atoms with Crippen molar-refractivity contribution >= 4 is 5.91 Å². The number of benzene rings is 1. The Morgan fingerprint density at radius 1 is 1.53 bits per heavy atom. The molecule has 0 bridgehead atoms. The summed E-state index contributed by atoms with van der Waals surface area (Å²) in [5, 5.41) is 11.6. The Kier molecular flexibility index (Phi) is 4.40. The van der Waals surface area contributed by atoms with E-state index in [9.17, 15) is 4.79 Å². The Hall–Kier alpha value is -2.02. The van der Waals surface area contributed by atoms with E-state index >= 15 is 0 Å². The maximum atomic E-state index is 12.2. The van der Waals surface area contributed by atoms with E-state index in [2.05, 4.69) is 11.4 Å². The third-order valence-electron chi connectivity index (χ3n) is 3.12. The number of carbonyl (C=O) groups is 1. The van der Waals surface area contributed by atoms with E-state index in [1.807, 2.05) is 25.1 Å². The number of nitriles is 1. The molecule has 1 saturated carbocycles. The van der Waals surface area contributed by atoms with Crippen LogP contribution in [-0.2, 0) is 0 Å². The number of nitrogens with zero attached hydrogens (tertiary/aromatic N) is 1. The fraction of sp³-hybridized carbons (Fsp3) is 0.467. The second kappa shape index (κ2) is 6.24. The Balaban J connectivity index is 2.07. The third-order valence-corrected chi connectivity index (χ3v) is 3.12. The van der Waals surface area contributed by atoms with E-state index in [4.69, 9.17) is 10.00 Å². The second-order valence-electron chi connectivity index (χ2n) is 4.75. The highest BCUT2D eigenvalue weighted by Crippen LogP contribution is 2.29. The van der Waals surface area contributed by atoms with E-state index in [1.54, 1.807) is 6.07 Å². The molecule has 1 amide bonds. The number of amides is 1. The molecule has 1 aliphatic rings. The van der Waals surface area contributed by atoms with Crippen molar-refractivity contribution in [2.75, 3.05) is 0 Å². The molecule has 1 unspecified atom stereocenters. The molecular weight excluding hydrogens is 240 g/mol. The van der Waals surface area contributed by atoms with Gasteiger partial charge in [0.25, 0.3) is 5.91 Å². The first-order valence-corrected chi connectivity index (χ1v) is 6.68. The number of hydrogen-bond donors (Lipinski definition) is 1. The van der Waals surface area contributed by atoms with Gasteiger partial charge in [0, 0.05) is 6.04 Å². The van der Waals surface area contributed by atoms with Crippen molar-refractivity contribution in [3.8, 4) is 11.8 Å². The molecule has 19 heavy (non-hydrogen) atoms. The van der Waals surface area contributed by atoms with E-state index in [0.717, 1.165) is 19.3 Å². The monoisotopic (exact) mass is 258 g/mol. The summed E-state index contributed by atoms with van der Waals surface area (Å²) in [6.45, 7) is 1.95. The van der Waals surface area contributed by atoms with E-state index < -0.39 is 0 Å². The summed E-state index contributed by atoms with van der Waals surface area (Å²) in [4.78, 5) is 12.2. The van der Waals surface area contributed by atoms with Crippen LogP contribution in [0.3, 0.4) is 0 Å². The molecule has 0 radical (unpaired) electrons. The van der Waals surface area contributed by atoms with Crippen LogP contribution >= 0.6 is 0 Å². The van der Waals surface area contributed by atoms with Gasteiger partial charge in [-0.15, -0.1) is 0 Å². The highest BCUT2D eigenvalue weighted by Gasteiger charge is 2.25. The summed E-state index contributed by atoms with van der Waals surface area (Å²) in [5.74, 6) is 0.465. The first-order valence-electron chi connectivity index (χ1n) is 6.68. The zero-order chi connectivity index (χ0) is 13.7. The van der Waals surface area contributed by atoms with Gasteiger partial charge in [0.2, 0.25) is 0 Å². The predicted octanol–water partition coefficient (Wildman–Crippen LogP) is 2.65. The lowest BCUT2D eigenvalue weighted by atomic mass is 10.1. The minimum Gasteiger partial charge on any atom is -0.490 e. The van der Waals surface area contributed by atoms with Gasteiger partial charge in [0.05, 0.1) is 24.2 Å². The summed E-state index contributed by atoms with van der Waals surface area (Å²) < 4.78 is 5.73. The topological polar surface area (TPSA) is 62.1 Å². The van der Waals surface area contributed by atoms with Crippen LogP contribution < -0.4 is 10.1 Å². The summed E-state index contributed by atoms with van der Waals surface area (Å²) >= 11 is 0. The molecule has 1 aromatic carbocycles. The summed E-state index contributed by atoms with van der Waals surface area (Å²) in [7, 11) is 0. The zero-order valence-corrected chi connectivity index (χ0v) is 11.1. The minimum atomic E-state index is -0.168. The van der Waals surface area contributed by atoms with Gasteiger partial charge in [-0.3, -0.25) is 4.79 Å². The highest BCUT2D eigenvalue weighted by molar-refractivity contribution is 5.97. The van der Waals surface area contributed by atoms with E-state index in [-0.39, 0.29) is 18.1 Å². The number of hydrogen-bond acceptors (Lipinski definition) is 3. The first-order chi connectivity index (χ1) is 9.24. The van der Waals surface area contributed by atoms with E-state index in [0.29, 0.717) is 17.7 Å². The molecule has 0 heterocycles. The predicted molar refractivity (Wildman–Crippen MR) is 71.9 cm³/mol. The maximum Gasteiger partial charge on any atom is 0.255 e. The largest absolute Gasteiger partial charge is 0.490 e. The number of rotatable bonds is 6. The molecule has 0 aliphatic heterocycles. The SMILES string of the molecule is CCC(CC#N)NC(=O)c1ccccc1OC1CC1. The quantitative estimate of drug-likeness (QED) is 0.853. The molecule has 0 saturated heterocycles. The van der Waals surface area contributed by atoms with Crippen molar-refractivity contribution < 1.29 is 9.53 Å². The lowest BCUT2D eigenvalue weighted by Crippen LogP contribution is -2.34. The smallest absolute Gasteiger partial charge is 0.255 e. The Bertz CT molecular complexity index is 489. The van der Waals surface area contributed by atoms with Crippen molar-refractivity contribution in [2.45, 2.75) is 44.8 Å². The van der Waals surface area contributed by atoms with Crippen LogP contribution in [-0.4, -0.2) is 18.1 Å². The van der Waals surface area contributed by atoms with Crippen molar-refractivity contribution in [2.24, 2.45) is 0 Å². The molecule has 1 N–H and O–H groups in total. The maximum absolute atomic E-state index is 12.2. The molecule has 1 fully saturated rings. The zero-order valence-electron chi connectivity index (χ0n) is 11.1. The van der Waals surface area contributed by atoms with Crippen molar-refractivity contribution in [3.63, 3.8) is 0 Å². The molecule has 100 valence electrons. The molecule has 2 rings (SSSR count). The fourth-order valence-electron chi connectivity index (χ4n) is 1.79. The molecule has 4 nitrogen and oxygen atoms in total. The van der Waals surface area contributed by atoms with Crippen LogP contribution in [0, 0.1) is 11.3 Å². The molecule has 0 aromatic heterocycles. The summed E-state index contributed by atoms with van der Waals surface area (Å²) in [6.07, 6.45) is 3.44. The van der Waals surface area contributed by atoms with E-state index in [1.165, 1.54) is 0 Å². The fourth-order valence-corrected chi connectivity index (χ4v) is 1.79. The standard InChI is InChI=1S/C15H18N2O2/c1-2-11(9-10-16)17-15(18)13-5-3-4-6-14(13)19-12-7-8-12/h3-6,11-12H,2,7-9H2,1H3,(H,17,18). The minimum absolute atomic E-state index is 0.105. The number of carbonyl (C=O) groups excluding carboxylic acids is 1. The van der Waals surface area contributed by atoms with Crippen molar-refractivity contribution in [1.82, 2.24) is 5.32 Å². The van der Waals surface area contributed by atoms with Crippen LogP contribution in [0.4, 0.5) is 0 Å². The van der Waals surface area contributed by atoms with Gasteiger partial charge in [-0.25, -0.2) is 0 Å². The van der Waals surface area contributed by atoms with Crippen LogP contribution in [0.25, 0.3) is 0 Å². The number of ether oxygens (including phenoxy) is 1. The molecule has 4 heteroatoms. The van der Waals surface area contributed by atoms with Crippen molar-refractivity contribution in [1.29, 1.82) is 5.26 Å². The second-order valence-corrected chi connectivity index (χ2v) is 4.75. The molecule has 1 atom stereocenters.